The molecule has 21 heavy (non-hydrogen) atoms. The number of rotatable bonds is 10. The van der Waals surface area contributed by atoms with Crippen LogP contribution in [0.1, 0.15) is 68.6 Å². The molecule has 0 fully saturated rings. The Labute approximate surface area is 127 Å². The number of hydrogen-bond donors (Lipinski definition) is 2. The molecule has 0 radical (unpaired) electrons. The Bertz CT molecular complexity index is 435. The van der Waals surface area contributed by atoms with E-state index in [0.29, 0.717) is 12.2 Å². The van der Waals surface area contributed by atoms with Gasteiger partial charge in [0.2, 0.25) is 0 Å². The number of anilines is 1. The average Bonchev–Trinajstić information content (AvgIpc) is 2.48. The zero-order chi connectivity index (χ0) is 15.5. The first-order valence-electron chi connectivity index (χ1n) is 7.98. The Kier molecular flexibility index (Phi) is 8.48. The van der Waals surface area contributed by atoms with Crippen LogP contribution >= 0.6 is 0 Å². The molecular weight excluding hydrogens is 267 g/mol. The van der Waals surface area contributed by atoms with E-state index in [4.69, 9.17) is 5.73 Å². The molecule has 4 heteroatoms. The Morgan fingerprint density at radius 1 is 1.10 bits per heavy atom. The van der Waals surface area contributed by atoms with Crippen LogP contribution in [-0.2, 0) is 0 Å². The monoisotopic (exact) mass is 294 g/mol. The van der Waals surface area contributed by atoms with Crippen LogP contribution in [0.5, 0.6) is 0 Å². The topological polar surface area (TPSA) is 55.1 Å². The van der Waals surface area contributed by atoms with E-state index in [2.05, 4.69) is 12.2 Å². The first-order valence-corrected chi connectivity index (χ1v) is 7.98. The Morgan fingerprint density at radius 3 is 2.38 bits per heavy atom. The molecule has 0 atom stereocenters. The molecule has 0 heterocycles. The van der Waals surface area contributed by atoms with E-state index in [1.54, 1.807) is 0 Å². The van der Waals surface area contributed by atoms with Crippen molar-refractivity contribution in [3.05, 3.63) is 29.6 Å². The molecule has 1 aromatic rings. The van der Waals surface area contributed by atoms with Crippen molar-refractivity contribution in [1.82, 2.24) is 5.32 Å². The van der Waals surface area contributed by atoms with Crippen LogP contribution in [-0.4, -0.2) is 12.5 Å². The lowest BCUT2D eigenvalue weighted by atomic mass is 10.1. The van der Waals surface area contributed by atoms with Gasteiger partial charge in [-0.15, -0.1) is 0 Å². The van der Waals surface area contributed by atoms with Crippen molar-refractivity contribution in [3.8, 4) is 0 Å². The molecule has 0 aliphatic carbocycles. The van der Waals surface area contributed by atoms with Crippen LogP contribution in [0, 0.1) is 5.82 Å². The van der Waals surface area contributed by atoms with Gasteiger partial charge in [0.05, 0.1) is 5.56 Å². The lowest BCUT2D eigenvalue weighted by Gasteiger charge is -2.07. The van der Waals surface area contributed by atoms with E-state index in [-0.39, 0.29) is 11.5 Å². The number of carbonyl (C=O) groups excluding carboxylic acids is 1. The lowest BCUT2D eigenvalue weighted by Crippen LogP contribution is -2.25. The molecule has 0 aromatic heterocycles. The van der Waals surface area contributed by atoms with E-state index in [0.717, 1.165) is 12.8 Å². The number of benzene rings is 1. The summed E-state index contributed by atoms with van der Waals surface area (Å²) in [6.45, 7) is 2.83. The number of hydrogen-bond acceptors (Lipinski definition) is 2. The highest BCUT2D eigenvalue weighted by atomic mass is 19.1. The van der Waals surface area contributed by atoms with Crippen LogP contribution < -0.4 is 11.1 Å². The van der Waals surface area contributed by atoms with Crippen molar-refractivity contribution in [2.45, 2.75) is 58.3 Å². The quantitative estimate of drug-likeness (QED) is 0.500. The Balaban J connectivity index is 2.12. The third-order valence-corrected chi connectivity index (χ3v) is 3.58. The largest absolute Gasteiger partial charge is 0.398 e. The van der Waals surface area contributed by atoms with Crippen LogP contribution in [0.3, 0.4) is 0 Å². The summed E-state index contributed by atoms with van der Waals surface area (Å²) < 4.78 is 13.1. The fourth-order valence-corrected chi connectivity index (χ4v) is 2.28. The van der Waals surface area contributed by atoms with Gasteiger partial charge in [0.15, 0.2) is 0 Å². The average molecular weight is 294 g/mol. The van der Waals surface area contributed by atoms with Crippen molar-refractivity contribution < 1.29 is 9.18 Å². The number of nitrogens with one attached hydrogen (secondary N) is 1. The molecule has 118 valence electrons. The summed E-state index contributed by atoms with van der Waals surface area (Å²) in [6.07, 6.45) is 9.78. The lowest BCUT2D eigenvalue weighted by molar-refractivity contribution is 0.0953. The minimum Gasteiger partial charge on any atom is -0.398 e. The summed E-state index contributed by atoms with van der Waals surface area (Å²) in [6, 6.07) is 3.85. The first kappa shape index (κ1) is 17.5. The molecule has 0 unspecified atom stereocenters. The fourth-order valence-electron chi connectivity index (χ4n) is 2.28. The van der Waals surface area contributed by atoms with E-state index >= 15 is 0 Å². The van der Waals surface area contributed by atoms with E-state index in [1.165, 1.54) is 56.7 Å². The van der Waals surface area contributed by atoms with Crippen LogP contribution in [0.25, 0.3) is 0 Å². The first-order chi connectivity index (χ1) is 10.1. The number of carbonyl (C=O) groups is 1. The second-order valence-corrected chi connectivity index (χ2v) is 5.46. The standard InChI is InChI=1S/C17H27FN2O/c1-2-3-4-5-6-7-8-9-12-20-17(21)15-13-14(18)10-11-16(15)19/h10-11,13H,2-9,12,19H2,1H3,(H,20,21). The SMILES string of the molecule is CCCCCCCCCCNC(=O)c1cc(F)ccc1N. The van der Waals surface area contributed by atoms with Gasteiger partial charge in [-0.2, -0.15) is 0 Å². The Morgan fingerprint density at radius 2 is 1.71 bits per heavy atom. The number of nitrogen functional groups attached to an aromatic ring is 1. The third kappa shape index (κ3) is 7.11. The van der Waals surface area contributed by atoms with Gasteiger partial charge in [-0.05, 0) is 24.6 Å². The molecule has 3 N–H and O–H groups in total. The summed E-state index contributed by atoms with van der Waals surface area (Å²) >= 11 is 0. The predicted molar refractivity (Wildman–Crippen MR) is 85.8 cm³/mol. The number of unbranched alkanes of at least 4 members (excludes halogenated alkanes) is 7. The molecule has 1 amide bonds. The van der Waals surface area contributed by atoms with Crippen LogP contribution in [0.4, 0.5) is 10.1 Å². The maximum atomic E-state index is 13.1. The van der Waals surface area contributed by atoms with Crippen LogP contribution in [0.15, 0.2) is 18.2 Å². The number of halogens is 1. The van der Waals surface area contributed by atoms with Crippen molar-refractivity contribution in [2.75, 3.05) is 12.3 Å². The molecular formula is C17H27FN2O. The molecule has 0 saturated carbocycles. The highest BCUT2D eigenvalue weighted by molar-refractivity contribution is 5.99. The highest BCUT2D eigenvalue weighted by Gasteiger charge is 2.09. The zero-order valence-electron chi connectivity index (χ0n) is 13.0. The van der Waals surface area contributed by atoms with Crippen molar-refractivity contribution >= 4 is 11.6 Å². The van der Waals surface area contributed by atoms with Crippen molar-refractivity contribution in [3.63, 3.8) is 0 Å². The second kappa shape index (κ2) is 10.2. The zero-order valence-corrected chi connectivity index (χ0v) is 13.0. The number of nitrogens with two attached hydrogens (primary N) is 1. The fraction of sp³-hybridized carbons (Fsp3) is 0.588. The van der Waals surface area contributed by atoms with Gasteiger partial charge in [0.1, 0.15) is 5.82 Å². The smallest absolute Gasteiger partial charge is 0.253 e. The maximum absolute atomic E-state index is 13.1. The summed E-state index contributed by atoms with van der Waals surface area (Å²) in [5, 5.41) is 2.79. The van der Waals surface area contributed by atoms with Gasteiger partial charge in [0.25, 0.3) is 5.91 Å². The Hall–Kier alpha value is -1.58. The van der Waals surface area contributed by atoms with Gasteiger partial charge in [-0.3, -0.25) is 4.79 Å². The summed E-state index contributed by atoms with van der Waals surface area (Å²) in [5.41, 5.74) is 6.20. The molecule has 1 rings (SSSR count). The molecule has 0 saturated heterocycles. The molecule has 0 bridgehead atoms. The minimum atomic E-state index is -0.443. The predicted octanol–water partition coefficient (Wildman–Crippen LogP) is 4.28. The van der Waals surface area contributed by atoms with Gasteiger partial charge in [-0.1, -0.05) is 51.9 Å². The maximum Gasteiger partial charge on any atom is 0.253 e. The van der Waals surface area contributed by atoms with E-state index < -0.39 is 5.82 Å². The van der Waals surface area contributed by atoms with Crippen LogP contribution in [0.2, 0.25) is 0 Å². The molecule has 0 spiro atoms. The van der Waals surface area contributed by atoms with Crippen molar-refractivity contribution in [1.29, 1.82) is 0 Å². The summed E-state index contributed by atoms with van der Waals surface area (Å²) in [5.74, 6) is -0.739. The molecule has 1 aromatic carbocycles. The molecule has 3 nitrogen and oxygen atoms in total. The van der Waals surface area contributed by atoms with Gasteiger partial charge >= 0.3 is 0 Å². The minimum absolute atomic E-state index is 0.217. The van der Waals surface area contributed by atoms with Gasteiger partial charge in [-0.25, -0.2) is 4.39 Å². The third-order valence-electron chi connectivity index (χ3n) is 3.58. The second-order valence-electron chi connectivity index (χ2n) is 5.46. The summed E-state index contributed by atoms with van der Waals surface area (Å²) in [7, 11) is 0. The molecule has 0 aliphatic rings. The number of amides is 1. The van der Waals surface area contributed by atoms with E-state index in [9.17, 15) is 9.18 Å². The van der Waals surface area contributed by atoms with Gasteiger partial charge in [0, 0.05) is 12.2 Å². The highest BCUT2D eigenvalue weighted by Crippen LogP contribution is 2.13. The van der Waals surface area contributed by atoms with Crippen molar-refractivity contribution in [2.24, 2.45) is 0 Å². The molecule has 0 aliphatic heterocycles. The van der Waals surface area contributed by atoms with Gasteiger partial charge < -0.3 is 11.1 Å². The normalized spacial score (nSPS) is 10.6. The van der Waals surface area contributed by atoms with E-state index in [1.807, 2.05) is 0 Å². The summed E-state index contributed by atoms with van der Waals surface area (Å²) in [4.78, 5) is 11.9.